The summed E-state index contributed by atoms with van der Waals surface area (Å²) in [4.78, 5) is 27.6. The van der Waals surface area contributed by atoms with E-state index in [4.69, 9.17) is 5.73 Å². The topological polar surface area (TPSA) is 66.6 Å². The molecule has 2 amide bonds. The molecule has 0 unspecified atom stereocenters. The molecular weight excluding hydrogens is 242 g/mol. The van der Waals surface area contributed by atoms with Crippen molar-refractivity contribution in [1.82, 2.24) is 9.80 Å². The number of rotatable bonds is 4. The molecule has 2 N–H and O–H groups in total. The van der Waals surface area contributed by atoms with Gasteiger partial charge in [0.25, 0.3) is 0 Å². The second-order valence-corrected chi connectivity index (χ2v) is 6.52. The third kappa shape index (κ3) is 5.59. The van der Waals surface area contributed by atoms with Crippen molar-refractivity contribution in [3.05, 3.63) is 0 Å². The molecule has 0 atom stereocenters. The van der Waals surface area contributed by atoms with E-state index in [2.05, 4.69) is 0 Å². The van der Waals surface area contributed by atoms with E-state index in [1.807, 2.05) is 37.5 Å². The Balaban J connectivity index is 2.40. The smallest absolute Gasteiger partial charge is 0.224 e. The van der Waals surface area contributed by atoms with Gasteiger partial charge in [-0.1, -0.05) is 13.8 Å². The van der Waals surface area contributed by atoms with Crippen LogP contribution in [0.4, 0.5) is 0 Å². The summed E-state index contributed by atoms with van der Waals surface area (Å²) < 4.78 is 0. The Morgan fingerprint density at radius 3 is 1.84 bits per heavy atom. The maximum absolute atomic E-state index is 12.0. The van der Waals surface area contributed by atoms with Crippen molar-refractivity contribution >= 4 is 11.8 Å². The molecule has 110 valence electrons. The zero-order chi connectivity index (χ0) is 14.6. The fourth-order valence-electron chi connectivity index (χ4n) is 2.19. The van der Waals surface area contributed by atoms with Crippen LogP contribution in [-0.2, 0) is 9.59 Å². The summed E-state index contributed by atoms with van der Waals surface area (Å²) in [6.07, 6.45) is 0.941. The van der Waals surface area contributed by atoms with Crippen molar-refractivity contribution in [2.45, 2.75) is 46.1 Å². The highest BCUT2D eigenvalue weighted by Gasteiger charge is 2.26. The Morgan fingerprint density at radius 2 is 1.47 bits per heavy atom. The van der Waals surface area contributed by atoms with Gasteiger partial charge in [0.2, 0.25) is 11.8 Å². The maximum atomic E-state index is 12.0. The van der Waals surface area contributed by atoms with E-state index in [0.29, 0.717) is 44.9 Å². The van der Waals surface area contributed by atoms with Crippen LogP contribution in [0.15, 0.2) is 0 Å². The first-order valence-corrected chi connectivity index (χ1v) is 7.03. The number of carbonyl (C=O) groups excluding carboxylic acids is 2. The monoisotopic (exact) mass is 269 g/mol. The molecule has 0 radical (unpaired) electrons. The van der Waals surface area contributed by atoms with E-state index >= 15 is 0 Å². The average Bonchev–Trinajstić information content (AvgIpc) is 2.26. The molecule has 0 bridgehead atoms. The first-order valence-electron chi connectivity index (χ1n) is 7.03. The largest absolute Gasteiger partial charge is 0.339 e. The lowest BCUT2D eigenvalue weighted by Gasteiger charge is -2.36. The second-order valence-electron chi connectivity index (χ2n) is 6.52. The molecule has 0 spiro atoms. The highest BCUT2D eigenvalue weighted by Crippen LogP contribution is 2.12. The number of hydrogen-bond acceptors (Lipinski definition) is 3. The van der Waals surface area contributed by atoms with Crippen LogP contribution in [0.25, 0.3) is 0 Å². The fourth-order valence-corrected chi connectivity index (χ4v) is 2.19. The van der Waals surface area contributed by atoms with Crippen LogP contribution in [0.1, 0.15) is 40.5 Å². The van der Waals surface area contributed by atoms with Crippen molar-refractivity contribution in [2.75, 3.05) is 26.2 Å². The molecule has 1 aliphatic heterocycles. The van der Waals surface area contributed by atoms with Crippen molar-refractivity contribution in [2.24, 2.45) is 11.7 Å². The first-order chi connectivity index (χ1) is 8.69. The SMILES string of the molecule is CC(C)CC(=O)N1CCN(C(=O)CC(C)(C)N)CC1. The van der Waals surface area contributed by atoms with Crippen LogP contribution in [0.5, 0.6) is 0 Å². The molecule has 5 heteroatoms. The number of hydrogen-bond donors (Lipinski definition) is 1. The average molecular weight is 269 g/mol. The van der Waals surface area contributed by atoms with Gasteiger partial charge < -0.3 is 15.5 Å². The first kappa shape index (κ1) is 16.0. The number of amides is 2. The Labute approximate surface area is 116 Å². The van der Waals surface area contributed by atoms with Crippen LogP contribution in [0, 0.1) is 5.92 Å². The van der Waals surface area contributed by atoms with Gasteiger partial charge in [-0.05, 0) is 19.8 Å². The van der Waals surface area contributed by atoms with E-state index in [1.54, 1.807) is 0 Å². The number of nitrogens with two attached hydrogens (primary N) is 1. The predicted molar refractivity (Wildman–Crippen MR) is 75.5 cm³/mol. The van der Waals surface area contributed by atoms with Crippen LogP contribution in [0.3, 0.4) is 0 Å². The maximum Gasteiger partial charge on any atom is 0.224 e. The van der Waals surface area contributed by atoms with Crippen LogP contribution < -0.4 is 5.73 Å². The van der Waals surface area contributed by atoms with E-state index in [-0.39, 0.29) is 11.8 Å². The molecule has 1 aliphatic rings. The Kier molecular flexibility index (Phi) is 5.35. The summed E-state index contributed by atoms with van der Waals surface area (Å²) in [6, 6.07) is 0. The molecule has 0 aromatic rings. The normalized spacial score (nSPS) is 16.9. The summed E-state index contributed by atoms with van der Waals surface area (Å²) in [5.74, 6) is 0.662. The molecule has 0 aromatic carbocycles. The van der Waals surface area contributed by atoms with Crippen molar-refractivity contribution < 1.29 is 9.59 Å². The molecule has 1 heterocycles. The van der Waals surface area contributed by atoms with Crippen LogP contribution >= 0.6 is 0 Å². The van der Waals surface area contributed by atoms with Crippen molar-refractivity contribution in [3.8, 4) is 0 Å². The third-order valence-electron chi connectivity index (χ3n) is 3.17. The van der Waals surface area contributed by atoms with E-state index in [0.717, 1.165) is 0 Å². The molecule has 0 aromatic heterocycles. The Morgan fingerprint density at radius 1 is 1.05 bits per heavy atom. The zero-order valence-corrected chi connectivity index (χ0v) is 12.6. The summed E-state index contributed by atoms with van der Waals surface area (Å²) >= 11 is 0. The summed E-state index contributed by atoms with van der Waals surface area (Å²) in [5, 5.41) is 0. The molecular formula is C14H27N3O2. The highest BCUT2D eigenvalue weighted by molar-refractivity contribution is 5.79. The summed E-state index contributed by atoms with van der Waals surface area (Å²) in [6.45, 7) is 10.3. The van der Waals surface area contributed by atoms with Gasteiger partial charge in [0.15, 0.2) is 0 Å². The van der Waals surface area contributed by atoms with Crippen LogP contribution in [-0.4, -0.2) is 53.3 Å². The predicted octanol–water partition coefficient (Wildman–Crippen LogP) is 0.831. The lowest BCUT2D eigenvalue weighted by atomic mass is 10.0. The van der Waals surface area contributed by atoms with E-state index < -0.39 is 5.54 Å². The number of nitrogens with zero attached hydrogens (tertiary/aromatic N) is 2. The van der Waals surface area contributed by atoms with E-state index in [1.165, 1.54) is 0 Å². The minimum absolute atomic E-state index is 0.0865. The minimum atomic E-state index is -0.471. The summed E-state index contributed by atoms with van der Waals surface area (Å²) in [5.41, 5.74) is 5.39. The van der Waals surface area contributed by atoms with Gasteiger partial charge in [-0.15, -0.1) is 0 Å². The number of carbonyl (C=O) groups is 2. The van der Waals surface area contributed by atoms with Gasteiger partial charge in [0, 0.05) is 44.6 Å². The van der Waals surface area contributed by atoms with Gasteiger partial charge in [0.05, 0.1) is 0 Å². The minimum Gasteiger partial charge on any atom is -0.339 e. The molecule has 5 nitrogen and oxygen atoms in total. The quantitative estimate of drug-likeness (QED) is 0.822. The molecule has 1 fully saturated rings. The lowest BCUT2D eigenvalue weighted by Crippen LogP contribution is -2.52. The molecule has 1 rings (SSSR count). The Bertz CT molecular complexity index is 326. The van der Waals surface area contributed by atoms with Gasteiger partial charge in [-0.3, -0.25) is 9.59 Å². The molecule has 19 heavy (non-hydrogen) atoms. The Hall–Kier alpha value is -1.10. The fraction of sp³-hybridized carbons (Fsp3) is 0.857. The van der Waals surface area contributed by atoms with E-state index in [9.17, 15) is 9.59 Å². The zero-order valence-electron chi connectivity index (χ0n) is 12.6. The standard InChI is InChI=1S/C14H27N3O2/c1-11(2)9-12(18)16-5-7-17(8-6-16)13(19)10-14(3,4)15/h11H,5-10,15H2,1-4H3. The van der Waals surface area contributed by atoms with Gasteiger partial charge >= 0.3 is 0 Å². The highest BCUT2D eigenvalue weighted by atomic mass is 16.2. The van der Waals surface area contributed by atoms with Gasteiger partial charge in [-0.2, -0.15) is 0 Å². The molecule has 1 saturated heterocycles. The van der Waals surface area contributed by atoms with Gasteiger partial charge in [0.1, 0.15) is 0 Å². The van der Waals surface area contributed by atoms with Crippen LogP contribution in [0.2, 0.25) is 0 Å². The third-order valence-corrected chi connectivity index (χ3v) is 3.17. The van der Waals surface area contributed by atoms with Crippen molar-refractivity contribution in [1.29, 1.82) is 0 Å². The number of piperazine rings is 1. The van der Waals surface area contributed by atoms with Gasteiger partial charge in [-0.25, -0.2) is 0 Å². The second kappa shape index (κ2) is 6.37. The molecule has 0 aliphatic carbocycles. The molecule has 0 saturated carbocycles. The summed E-state index contributed by atoms with van der Waals surface area (Å²) in [7, 11) is 0. The van der Waals surface area contributed by atoms with Crippen molar-refractivity contribution in [3.63, 3.8) is 0 Å². The lowest BCUT2D eigenvalue weighted by molar-refractivity contribution is -0.140.